The second-order valence-electron chi connectivity index (χ2n) is 4.73. The predicted molar refractivity (Wildman–Crippen MR) is 78.9 cm³/mol. The molecule has 0 heterocycles. The number of aliphatic hydroxyl groups is 1. The van der Waals surface area contributed by atoms with Crippen LogP contribution in [-0.2, 0) is 13.0 Å². The molecular weight excluding hydrogens is 234 g/mol. The number of rotatable bonds is 6. The van der Waals surface area contributed by atoms with E-state index in [4.69, 9.17) is 0 Å². The van der Waals surface area contributed by atoms with Crippen molar-refractivity contribution in [3.05, 3.63) is 71.3 Å². The zero-order valence-electron chi connectivity index (χ0n) is 11.3. The van der Waals surface area contributed by atoms with Gasteiger partial charge in [-0.15, -0.1) is 0 Å². The van der Waals surface area contributed by atoms with Gasteiger partial charge >= 0.3 is 0 Å². The number of nitrogens with one attached hydrogen (secondary N) is 1. The van der Waals surface area contributed by atoms with Crippen LogP contribution in [0.15, 0.2) is 54.6 Å². The summed E-state index contributed by atoms with van der Waals surface area (Å²) in [7, 11) is 0. The molecular formula is C17H21NO. The predicted octanol–water partition coefficient (Wildman–Crippen LogP) is 3.07. The third kappa shape index (κ3) is 4.19. The van der Waals surface area contributed by atoms with Gasteiger partial charge in [0.2, 0.25) is 0 Å². The SMILES string of the molecule is CCc1ccc(CNC[C@H](O)c2ccccc2)cc1. The molecule has 0 fully saturated rings. The molecule has 1 atom stereocenters. The van der Waals surface area contributed by atoms with Crippen molar-refractivity contribution in [2.45, 2.75) is 26.0 Å². The Morgan fingerprint density at radius 3 is 2.21 bits per heavy atom. The Bertz CT molecular complexity index is 478. The first-order valence-electron chi connectivity index (χ1n) is 6.81. The lowest BCUT2D eigenvalue weighted by molar-refractivity contribution is 0.174. The third-order valence-corrected chi connectivity index (χ3v) is 3.28. The lowest BCUT2D eigenvalue weighted by atomic mass is 10.1. The summed E-state index contributed by atoms with van der Waals surface area (Å²) < 4.78 is 0. The smallest absolute Gasteiger partial charge is 0.0914 e. The van der Waals surface area contributed by atoms with Crippen LogP contribution in [-0.4, -0.2) is 11.7 Å². The van der Waals surface area contributed by atoms with Gasteiger partial charge in [0.15, 0.2) is 0 Å². The molecule has 2 nitrogen and oxygen atoms in total. The van der Waals surface area contributed by atoms with Gasteiger partial charge in [0, 0.05) is 13.1 Å². The molecule has 0 saturated heterocycles. The molecule has 0 aliphatic carbocycles. The first-order valence-corrected chi connectivity index (χ1v) is 6.81. The summed E-state index contributed by atoms with van der Waals surface area (Å²) in [5.74, 6) is 0. The minimum atomic E-state index is -0.448. The van der Waals surface area contributed by atoms with Crippen LogP contribution in [0.5, 0.6) is 0 Å². The maximum absolute atomic E-state index is 10.0. The van der Waals surface area contributed by atoms with Crippen molar-refractivity contribution in [2.24, 2.45) is 0 Å². The van der Waals surface area contributed by atoms with Crippen LogP contribution in [0.1, 0.15) is 29.7 Å². The quantitative estimate of drug-likeness (QED) is 0.831. The van der Waals surface area contributed by atoms with Crippen molar-refractivity contribution in [1.29, 1.82) is 0 Å². The molecule has 19 heavy (non-hydrogen) atoms. The number of hydrogen-bond donors (Lipinski definition) is 2. The molecule has 0 spiro atoms. The average Bonchev–Trinajstić information content (AvgIpc) is 2.49. The van der Waals surface area contributed by atoms with Gasteiger partial charge in [-0.2, -0.15) is 0 Å². The largest absolute Gasteiger partial charge is 0.387 e. The van der Waals surface area contributed by atoms with Crippen LogP contribution in [0.3, 0.4) is 0 Å². The summed E-state index contributed by atoms with van der Waals surface area (Å²) in [6.07, 6.45) is 0.622. The fourth-order valence-electron chi connectivity index (χ4n) is 2.04. The zero-order chi connectivity index (χ0) is 13.5. The van der Waals surface area contributed by atoms with Crippen LogP contribution < -0.4 is 5.32 Å². The first-order chi connectivity index (χ1) is 9.29. The van der Waals surface area contributed by atoms with Gasteiger partial charge in [0.25, 0.3) is 0 Å². The van der Waals surface area contributed by atoms with Gasteiger partial charge in [-0.25, -0.2) is 0 Å². The van der Waals surface area contributed by atoms with E-state index in [1.165, 1.54) is 11.1 Å². The highest BCUT2D eigenvalue weighted by Crippen LogP contribution is 2.11. The molecule has 0 aliphatic heterocycles. The van der Waals surface area contributed by atoms with Gasteiger partial charge in [-0.1, -0.05) is 61.5 Å². The Labute approximate surface area is 115 Å². The van der Waals surface area contributed by atoms with E-state index in [0.29, 0.717) is 6.54 Å². The normalized spacial score (nSPS) is 12.3. The van der Waals surface area contributed by atoms with Crippen LogP contribution in [0.2, 0.25) is 0 Å². The molecule has 2 N–H and O–H groups in total. The number of benzene rings is 2. The van der Waals surface area contributed by atoms with Crippen molar-refractivity contribution >= 4 is 0 Å². The Kier molecular flexibility index (Phi) is 5.13. The molecule has 0 unspecified atom stereocenters. The van der Waals surface area contributed by atoms with Crippen molar-refractivity contribution in [3.8, 4) is 0 Å². The molecule has 100 valence electrons. The summed E-state index contributed by atoms with van der Waals surface area (Å²) in [5, 5.41) is 13.3. The van der Waals surface area contributed by atoms with Crippen molar-refractivity contribution in [1.82, 2.24) is 5.32 Å². The van der Waals surface area contributed by atoms with Crippen LogP contribution in [0.25, 0.3) is 0 Å². The van der Waals surface area contributed by atoms with Gasteiger partial charge in [-0.3, -0.25) is 0 Å². The van der Waals surface area contributed by atoms with Crippen LogP contribution >= 0.6 is 0 Å². The first kappa shape index (κ1) is 13.8. The van der Waals surface area contributed by atoms with Crippen LogP contribution in [0, 0.1) is 0 Å². The Morgan fingerprint density at radius 1 is 0.947 bits per heavy atom. The topological polar surface area (TPSA) is 32.3 Å². The molecule has 2 aromatic rings. The lowest BCUT2D eigenvalue weighted by Gasteiger charge is -2.12. The van der Waals surface area contributed by atoms with E-state index >= 15 is 0 Å². The van der Waals surface area contributed by atoms with Crippen molar-refractivity contribution in [2.75, 3.05) is 6.54 Å². The maximum atomic E-state index is 10.0. The fourth-order valence-corrected chi connectivity index (χ4v) is 2.04. The van der Waals surface area contributed by atoms with E-state index in [-0.39, 0.29) is 0 Å². The molecule has 0 aliphatic rings. The minimum absolute atomic E-state index is 0.448. The summed E-state index contributed by atoms with van der Waals surface area (Å²) in [6, 6.07) is 18.3. The summed E-state index contributed by atoms with van der Waals surface area (Å²) >= 11 is 0. The standard InChI is InChI=1S/C17H21NO/c1-2-14-8-10-15(11-9-14)12-18-13-17(19)16-6-4-3-5-7-16/h3-11,17-19H,2,12-13H2,1H3/t17-/m0/s1. The van der Waals surface area contributed by atoms with E-state index in [9.17, 15) is 5.11 Å². The molecule has 0 amide bonds. The molecule has 0 bridgehead atoms. The van der Waals surface area contributed by atoms with E-state index in [1.54, 1.807) is 0 Å². The molecule has 0 radical (unpaired) electrons. The second kappa shape index (κ2) is 7.07. The minimum Gasteiger partial charge on any atom is -0.387 e. The van der Waals surface area contributed by atoms with E-state index < -0.39 is 6.10 Å². The lowest BCUT2D eigenvalue weighted by Crippen LogP contribution is -2.21. The van der Waals surface area contributed by atoms with Crippen LogP contribution in [0.4, 0.5) is 0 Å². The highest BCUT2D eigenvalue weighted by atomic mass is 16.3. The monoisotopic (exact) mass is 255 g/mol. The van der Waals surface area contributed by atoms with Gasteiger partial charge in [-0.05, 0) is 23.1 Å². The van der Waals surface area contributed by atoms with Gasteiger partial charge < -0.3 is 10.4 Å². The number of aryl methyl sites for hydroxylation is 1. The average molecular weight is 255 g/mol. The fraction of sp³-hybridized carbons (Fsp3) is 0.294. The number of hydrogen-bond acceptors (Lipinski definition) is 2. The van der Waals surface area contributed by atoms with E-state index in [2.05, 4.69) is 36.5 Å². The second-order valence-corrected chi connectivity index (χ2v) is 4.73. The number of aliphatic hydroxyl groups excluding tert-OH is 1. The molecule has 2 rings (SSSR count). The molecule has 2 aromatic carbocycles. The Hall–Kier alpha value is -1.64. The van der Waals surface area contributed by atoms with Crippen molar-refractivity contribution < 1.29 is 5.11 Å². The molecule has 0 aromatic heterocycles. The Morgan fingerprint density at radius 2 is 1.58 bits per heavy atom. The highest BCUT2D eigenvalue weighted by Gasteiger charge is 2.05. The highest BCUT2D eigenvalue weighted by molar-refractivity contribution is 5.22. The summed E-state index contributed by atoms with van der Waals surface area (Å²) in [6.45, 7) is 3.51. The van der Waals surface area contributed by atoms with E-state index in [0.717, 1.165) is 18.5 Å². The zero-order valence-corrected chi connectivity index (χ0v) is 11.3. The van der Waals surface area contributed by atoms with Crippen molar-refractivity contribution in [3.63, 3.8) is 0 Å². The maximum Gasteiger partial charge on any atom is 0.0914 e. The summed E-state index contributed by atoms with van der Waals surface area (Å²) in [5.41, 5.74) is 3.56. The van der Waals surface area contributed by atoms with E-state index in [1.807, 2.05) is 30.3 Å². The van der Waals surface area contributed by atoms with Gasteiger partial charge in [0.05, 0.1) is 6.10 Å². The summed E-state index contributed by atoms with van der Waals surface area (Å²) in [4.78, 5) is 0. The third-order valence-electron chi connectivity index (χ3n) is 3.28. The molecule has 0 saturated carbocycles. The Balaban J connectivity index is 1.79. The molecule has 2 heteroatoms. The van der Waals surface area contributed by atoms with Gasteiger partial charge in [0.1, 0.15) is 0 Å².